The molecule has 0 unspecified atom stereocenters. The number of hydrogen-bond donors (Lipinski definition) is 1. The van der Waals surface area contributed by atoms with Gasteiger partial charge in [-0.1, -0.05) is 19.9 Å². The number of nitrogens with zero attached hydrogens (tertiary/aromatic N) is 1. The largest absolute Gasteiger partial charge is 0.371 e. The van der Waals surface area contributed by atoms with Gasteiger partial charge in [0.25, 0.3) is 0 Å². The van der Waals surface area contributed by atoms with Crippen molar-refractivity contribution in [1.29, 1.82) is 0 Å². The molecule has 0 aliphatic heterocycles. The first-order valence-electron chi connectivity index (χ1n) is 7.40. The van der Waals surface area contributed by atoms with Gasteiger partial charge < -0.3 is 10.2 Å². The molecule has 1 aromatic carbocycles. The molecular weight excluding hydrogens is 300 g/mol. The maximum absolute atomic E-state index is 3.73. The van der Waals surface area contributed by atoms with E-state index in [9.17, 15) is 0 Å². The van der Waals surface area contributed by atoms with Crippen LogP contribution in [0.25, 0.3) is 0 Å². The fourth-order valence-corrected chi connectivity index (χ4v) is 3.24. The normalized spacial score (nSPS) is 15.0. The average molecular weight is 325 g/mol. The topological polar surface area (TPSA) is 15.3 Å². The van der Waals surface area contributed by atoms with E-state index in [0.29, 0.717) is 6.04 Å². The van der Waals surface area contributed by atoms with Gasteiger partial charge in [0.1, 0.15) is 0 Å². The first-order valence-corrected chi connectivity index (χ1v) is 8.19. The maximum Gasteiger partial charge on any atom is 0.0510 e. The summed E-state index contributed by atoms with van der Waals surface area (Å²) in [6.45, 7) is 5.50. The van der Waals surface area contributed by atoms with E-state index >= 15 is 0 Å². The van der Waals surface area contributed by atoms with E-state index in [1.807, 2.05) is 0 Å². The zero-order chi connectivity index (χ0) is 13.8. The SMILES string of the molecule is CCC(CC)N(C)c1ccc(CNC2CC2)cc1Br. The van der Waals surface area contributed by atoms with E-state index in [2.05, 4.69) is 65.2 Å². The summed E-state index contributed by atoms with van der Waals surface area (Å²) in [6.07, 6.45) is 5.06. The quantitative estimate of drug-likeness (QED) is 0.803. The van der Waals surface area contributed by atoms with E-state index in [4.69, 9.17) is 0 Å². The van der Waals surface area contributed by atoms with E-state index in [1.165, 1.54) is 41.4 Å². The molecule has 1 aliphatic rings. The minimum absolute atomic E-state index is 0.617. The van der Waals surface area contributed by atoms with Crippen LogP contribution in [0.1, 0.15) is 45.1 Å². The van der Waals surface area contributed by atoms with Crippen LogP contribution in [0.3, 0.4) is 0 Å². The summed E-state index contributed by atoms with van der Waals surface area (Å²) >= 11 is 3.73. The number of rotatable bonds is 7. The Morgan fingerprint density at radius 2 is 2.00 bits per heavy atom. The van der Waals surface area contributed by atoms with Crippen molar-refractivity contribution >= 4 is 21.6 Å². The standard InChI is InChI=1S/C16H25BrN2/c1-4-14(5-2)19(3)16-9-6-12(10-15(16)17)11-18-13-7-8-13/h6,9-10,13-14,18H,4-5,7-8,11H2,1-3H3. The number of hydrogen-bond acceptors (Lipinski definition) is 2. The van der Waals surface area contributed by atoms with E-state index in [-0.39, 0.29) is 0 Å². The second-order valence-corrected chi connectivity index (χ2v) is 6.38. The molecule has 0 saturated heterocycles. The van der Waals surface area contributed by atoms with Gasteiger partial charge >= 0.3 is 0 Å². The van der Waals surface area contributed by atoms with Gasteiger partial charge in [-0.25, -0.2) is 0 Å². The van der Waals surface area contributed by atoms with Crippen molar-refractivity contribution in [3.63, 3.8) is 0 Å². The summed E-state index contributed by atoms with van der Waals surface area (Å²) in [6, 6.07) is 8.13. The fraction of sp³-hybridized carbons (Fsp3) is 0.625. The number of halogens is 1. The van der Waals surface area contributed by atoms with Gasteiger partial charge in [-0.2, -0.15) is 0 Å². The Bertz CT molecular complexity index is 411. The predicted molar refractivity (Wildman–Crippen MR) is 86.8 cm³/mol. The van der Waals surface area contributed by atoms with Gasteiger partial charge in [0.2, 0.25) is 0 Å². The smallest absolute Gasteiger partial charge is 0.0510 e. The van der Waals surface area contributed by atoms with Crippen LogP contribution >= 0.6 is 15.9 Å². The second kappa shape index (κ2) is 6.76. The summed E-state index contributed by atoms with van der Waals surface area (Å²) in [5.74, 6) is 0. The molecule has 0 amide bonds. The molecule has 0 heterocycles. The van der Waals surface area contributed by atoms with Gasteiger partial charge in [0.15, 0.2) is 0 Å². The second-order valence-electron chi connectivity index (χ2n) is 5.52. The van der Waals surface area contributed by atoms with Gasteiger partial charge in [0.05, 0.1) is 5.69 Å². The van der Waals surface area contributed by atoms with Crippen LogP contribution in [0, 0.1) is 0 Å². The lowest BCUT2D eigenvalue weighted by molar-refractivity contribution is 0.591. The van der Waals surface area contributed by atoms with Crippen LogP contribution < -0.4 is 10.2 Å². The third-order valence-electron chi connectivity index (χ3n) is 4.05. The average Bonchev–Trinajstić information content (AvgIpc) is 3.21. The van der Waals surface area contributed by atoms with Crippen molar-refractivity contribution in [3.8, 4) is 0 Å². The van der Waals surface area contributed by atoms with Crippen molar-refractivity contribution in [2.24, 2.45) is 0 Å². The van der Waals surface area contributed by atoms with Crippen LogP contribution in [-0.2, 0) is 6.54 Å². The molecule has 1 fully saturated rings. The maximum atomic E-state index is 3.73. The van der Waals surface area contributed by atoms with Crippen LogP contribution in [0.4, 0.5) is 5.69 Å². The molecule has 0 bridgehead atoms. The zero-order valence-electron chi connectivity index (χ0n) is 12.2. The highest BCUT2D eigenvalue weighted by Crippen LogP contribution is 2.29. The van der Waals surface area contributed by atoms with Crippen molar-refractivity contribution in [2.75, 3.05) is 11.9 Å². The summed E-state index contributed by atoms with van der Waals surface area (Å²) < 4.78 is 1.21. The Hall–Kier alpha value is -0.540. The minimum atomic E-state index is 0.617. The van der Waals surface area contributed by atoms with Gasteiger partial charge in [-0.15, -0.1) is 0 Å². The summed E-state index contributed by atoms with van der Waals surface area (Å²) in [5, 5.41) is 3.56. The lowest BCUT2D eigenvalue weighted by Gasteiger charge is -2.29. The Balaban J connectivity index is 2.04. The monoisotopic (exact) mass is 324 g/mol. The molecule has 0 radical (unpaired) electrons. The Morgan fingerprint density at radius 3 is 2.53 bits per heavy atom. The molecule has 0 aromatic heterocycles. The first-order chi connectivity index (χ1) is 9.15. The number of nitrogens with one attached hydrogen (secondary N) is 1. The highest BCUT2D eigenvalue weighted by molar-refractivity contribution is 9.10. The van der Waals surface area contributed by atoms with E-state index < -0.39 is 0 Å². The van der Waals surface area contributed by atoms with E-state index in [1.54, 1.807) is 0 Å². The third-order valence-corrected chi connectivity index (χ3v) is 4.69. The van der Waals surface area contributed by atoms with Gasteiger partial charge in [-0.05, 0) is 59.3 Å². The zero-order valence-corrected chi connectivity index (χ0v) is 13.8. The first kappa shape index (κ1) is 14.9. The van der Waals surface area contributed by atoms with Gasteiger partial charge in [-0.3, -0.25) is 0 Å². The van der Waals surface area contributed by atoms with Gasteiger partial charge in [0, 0.05) is 30.1 Å². The molecule has 1 saturated carbocycles. The lowest BCUT2D eigenvalue weighted by Crippen LogP contribution is -2.30. The molecule has 1 aliphatic carbocycles. The fourth-order valence-electron chi connectivity index (χ4n) is 2.53. The molecule has 0 spiro atoms. The highest BCUT2D eigenvalue weighted by Gasteiger charge is 2.20. The van der Waals surface area contributed by atoms with Crippen LogP contribution in [0.5, 0.6) is 0 Å². The Labute approximate surface area is 125 Å². The molecule has 19 heavy (non-hydrogen) atoms. The van der Waals surface area contributed by atoms with Crippen molar-refractivity contribution in [2.45, 2.75) is 58.2 Å². The van der Waals surface area contributed by atoms with Crippen molar-refractivity contribution < 1.29 is 0 Å². The van der Waals surface area contributed by atoms with Crippen LogP contribution in [0.2, 0.25) is 0 Å². The predicted octanol–water partition coefficient (Wildman–Crippen LogP) is 4.33. The molecule has 1 N–H and O–H groups in total. The Kier molecular flexibility index (Phi) is 5.28. The van der Waals surface area contributed by atoms with E-state index in [0.717, 1.165) is 12.6 Å². The van der Waals surface area contributed by atoms with Crippen molar-refractivity contribution in [1.82, 2.24) is 5.32 Å². The molecule has 0 atom stereocenters. The number of anilines is 1. The molecule has 2 rings (SSSR count). The van der Waals surface area contributed by atoms with Crippen LogP contribution in [-0.4, -0.2) is 19.1 Å². The summed E-state index contributed by atoms with van der Waals surface area (Å²) in [7, 11) is 2.19. The summed E-state index contributed by atoms with van der Waals surface area (Å²) in [4.78, 5) is 2.39. The summed E-state index contributed by atoms with van der Waals surface area (Å²) in [5.41, 5.74) is 2.66. The number of benzene rings is 1. The van der Waals surface area contributed by atoms with Crippen molar-refractivity contribution in [3.05, 3.63) is 28.2 Å². The molecular formula is C16H25BrN2. The third kappa shape index (κ3) is 3.96. The molecule has 1 aromatic rings. The molecule has 2 nitrogen and oxygen atoms in total. The molecule has 106 valence electrons. The highest BCUT2D eigenvalue weighted by atomic mass is 79.9. The lowest BCUT2D eigenvalue weighted by atomic mass is 10.1. The Morgan fingerprint density at radius 1 is 1.32 bits per heavy atom. The molecule has 3 heteroatoms. The minimum Gasteiger partial charge on any atom is -0.371 e. The van der Waals surface area contributed by atoms with Crippen LogP contribution in [0.15, 0.2) is 22.7 Å².